The summed E-state index contributed by atoms with van der Waals surface area (Å²) in [5, 5.41) is 4.17. The summed E-state index contributed by atoms with van der Waals surface area (Å²) in [4.78, 5) is 0. The van der Waals surface area contributed by atoms with Crippen LogP contribution in [0.25, 0.3) is 0 Å². The lowest BCUT2D eigenvalue weighted by Crippen LogP contribution is -1.97. The van der Waals surface area contributed by atoms with Gasteiger partial charge in [0.15, 0.2) is 0 Å². The topological polar surface area (TPSA) is 9.23 Å². The predicted octanol–water partition coefficient (Wildman–Crippen LogP) is 4.70. The molecule has 0 aliphatic heterocycles. The number of halogens is 1. The quantitative estimate of drug-likeness (QED) is 0.732. The highest BCUT2D eigenvalue weighted by Crippen LogP contribution is 2.35. The standard InChI is InChI=1S/C14H15ClOS/c1-9-6-11(16-3)4-5-12(9)14(15)13-8-17-7-10(13)2/h4-8,14H,1-3H3. The first-order valence-electron chi connectivity index (χ1n) is 5.44. The predicted molar refractivity (Wildman–Crippen MR) is 74.5 cm³/mol. The van der Waals surface area contributed by atoms with Crippen molar-refractivity contribution in [2.45, 2.75) is 19.2 Å². The van der Waals surface area contributed by atoms with Crippen molar-refractivity contribution >= 4 is 22.9 Å². The van der Waals surface area contributed by atoms with Gasteiger partial charge in [0.2, 0.25) is 0 Å². The van der Waals surface area contributed by atoms with Crippen molar-refractivity contribution in [2.24, 2.45) is 0 Å². The second-order valence-electron chi connectivity index (χ2n) is 4.10. The van der Waals surface area contributed by atoms with Crippen LogP contribution in [0.3, 0.4) is 0 Å². The van der Waals surface area contributed by atoms with Gasteiger partial charge in [0.25, 0.3) is 0 Å². The second-order valence-corrected chi connectivity index (χ2v) is 5.28. The third kappa shape index (κ3) is 2.48. The molecule has 1 aromatic carbocycles. The van der Waals surface area contributed by atoms with E-state index in [0.717, 1.165) is 16.9 Å². The van der Waals surface area contributed by atoms with E-state index in [1.54, 1.807) is 18.4 Å². The normalized spacial score (nSPS) is 12.5. The molecule has 0 fully saturated rings. The fraction of sp³-hybridized carbons (Fsp3) is 0.286. The van der Waals surface area contributed by atoms with Crippen LogP contribution in [0.2, 0.25) is 0 Å². The molecule has 1 heterocycles. The number of rotatable bonds is 3. The fourth-order valence-electron chi connectivity index (χ4n) is 1.86. The maximum Gasteiger partial charge on any atom is 0.119 e. The zero-order valence-corrected chi connectivity index (χ0v) is 11.7. The summed E-state index contributed by atoms with van der Waals surface area (Å²) >= 11 is 8.24. The van der Waals surface area contributed by atoms with E-state index in [2.05, 4.69) is 24.6 Å². The maximum atomic E-state index is 6.54. The fourth-order valence-corrected chi connectivity index (χ4v) is 3.29. The lowest BCUT2D eigenvalue weighted by atomic mass is 9.99. The van der Waals surface area contributed by atoms with E-state index in [-0.39, 0.29) is 5.38 Å². The van der Waals surface area contributed by atoms with Gasteiger partial charge in [-0.25, -0.2) is 0 Å². The van der Waals surface area contributed by atoms with E-state index in [1.807, 2.05) is 18.2 Å². The smallest absolute Gasteiger partial charge is 0.119 e. The number of methoxy groups -OCH3 is 1. The third-order valence-electron chi connectivity index (χ3n) is 2.92. The van der Waals surface area contributed by atoms with Gasteiger partial charge in [0, 0.05) is 0 Å². The molecule has 0 spiro atoms. The zero-order valence-electron chi connectivity index (χ0n) is 10.2. The Morgan fingerprint density at radius 3 is 2.41 bits per heavy atom. The van der Waals surface area contributed by atoms with Crippen LogP contribution < -0.4 is 4.74 Å². The van der Waals surface area contributed by atoms with Crippen LogP contribution in [0.4, 0.5) is 0 Å². The Morgan fingerprint density at radius 2 is 1.88 bits per heavy atom. The first-order valence-corrected chi connectivity index (χ1v) is 6.82. The monoisotopic (exact) mass is 266 g/mol. The highest BCUT2D eigenvalue weighted by atomic mass is 35.5. The van der Waals surface area contributed by atoms with Crippen LogP contribution in [0.1, 0.15) is 27.6 Å². The van der Waals surface area contributed by atoms with Crippen molar-refractivity contribution in [1.82, 2.24) is 0 Å². The number of hydrogen-bond donors (Lipinski definition) is 0. The zero-order chi connectivity index (χ0) is 12.4. The molecule has 2 aromatic rings. The Labute approximate surface area is 111 Å². The van der Waals surface area contributed by atoms with E-state index < -0.39 is 0 Å². The van der Waals surface area contributed by atoms with Gasteiger partial charge >= 0.3 is 0 Å². The molecule has 0 saturated carbocycles. The molecule has 2 rings (SSSR count). The van der Waals surface area contributed by atoms with Crippen molar-refractivity contribution in [1.29, 1.82) is 0 Å². The molecule has 1 atom stereocenters. The molecule has 1 unspecified atom stereocenters. The molecular weight excluding hydrogens is 252 g/mol. The van der Waals surface area contributed by atoms with Crippen LogP contribution in [0.15, 0.2) is 29.0 Å². The average molecular weight is 267 g/mol. The van der Waals surface area contributed by atoms with Crippen LogP contribution >= 0.6 is 22.9 Å². The first-order chi connectivity index (χ1) is 8.13. The second kappa shape index (κ2) is 5.11. The highest BCUT2D eigenvalue weighted by molar-refractivity contribution is 7.08. The van der Waals surface area contributed by atoms with Gasteiger partial charge in [0.05, 0.1) is 12.5 Å². The summed E-state index contributed by atoms with van der Waals surface area (Å²) in [6.45, 7) is 4.16. The number of ether oxygens (including phenoxy) is 1. The van der Waals surface area contributed by atoms with E-state index in [4.69, 9.17) is 16.3 Å². The van der Waals surface area contributed by atoms with Crippen LogP contribution in [-0.4, -0.2) is 7.11 Å². The van der Waals surface area contributed by atoms with Gasteiger partial charge < -0.3 is 4.74 Å². The van der Waals surface area contributed by atoms with Crippen molar-refractivity contribution in [3.05, 3.63) is 51.2 Å². The molecule has 3 heteroatoms. The molecule has 0 aliphatic carbocycles. The third-order valence-corrected chi connectivity index (χ3v) is 4.27. The molecule has 0 aliphatic rings. The largest absolute Gasteiger partial charge is 0.497 e. The first kappa shape index (κ1) is 12.5. The van der Waals surface area contributed by atoms with Gasteiger partial charge in [-0.1, -0.05) is 6.07 Å². The average Bonchev–Trinajstić information content (AvgIpc) is 2.74. The van der Waals surface area contributed by atoms with Gasteiger partial charge in [-0.2, -0.15) is 11.3 Å². The Balaban J connectivity index is 2.38. The summed E-state index contributed by atoms with van der Waals surface area (Å²) in [5.74, 6) is 0.872. The van der Waals surface area contributed by atoms with Crippen molar-refractivity contribution < 1.29 is 4.74 Å². The van der Waals surface area contributed by atoms with Crippen molar-refractivity contribution in [2.75, 3.05) is 7.11 Å². The number of aryl methyl sites for hydroxylation is 2. The van der Waals surface area contributed by atoms with Crippen LogP contribution in [0, 0.1) is 13.8 Å². The van der Waals surface area contributed by atoms with Gasteiger partial charge in [-0.15, -0.1) is 11.6 Å². The number of thiophene rings is 1. The highest BCUT2D eigenvalue weighted by Gasteiger charge is 2.16. The van der Waals surface area contributed by atoms with Crippen LogP contribution in [0.5, 0.6) is 5.75 Å². The van der Waals surface area contributed by atoms with Crippen molar-refractivity contribution in [3.63, 3.8) is 0 Å². The van der Waals surface area contributed by atoms with E-state index in [1.165, 1.54) is 11.1 Å². The molecule has 90 valence electrons. The number of benzene rings is 1. The van der Waals surface area contributed by atoms with Crippen molar-refractivity contribution in [3.8, 4) is 5.75 Å². The summed E-state index contributed by atoms with van der Waals surface area (Å²) in [5.41, 5.74) is 4.76. The number of alkyl halides is 1. The summed E-state index contributed by atoms with van der Waals surface area (Å²) in [6, 6.07) is 6.02. The minimum atomic E-state index is -0.0767. The van der Waals surface area contributed by atoms with Gasteiger partial charge in [0.1, 0.15) is 5.75 Å². The van der Waals surface area contributed by atoms with Gasteiger partial charge in [-0.05, 0) is 59.0 Å². The molecule has 0 saturated heterocycles. The summed E-state index contributed by atoms with van der Waals surface area (Å²) < 4.78 is 5.20. The van der Waals surface area contributed by atoms with E-state index in [0.29, 0.717) is 0 Å². The SMILES string of the molecule is COc1ccc(C(Cl)c2cscc2C)c(C)c1. The Hall–Kier alpha value is -0.990. The van der Waals surface area contributed by atoms with E-state index >= 15 is 0 Å². The molecule has 0 N–H and O–H groups in total. The molecule has 1 aromatic heterocycles. The molecule has 17 heavy (non-hydrogen) atoms. The lowest BCUT2D eigenvalue weighted by molar-refractivity contribution is 0.414. The van der Waals surface area contributed by atoms with Crippen LogP contribution in [-0.2, 0) is 0 Å². The molecule has 0 radical (unpaired) electrons. The maximum absolute atomic E-state index is 6.54. The molecule has 0 bridgehead atoms. The Morgan fingerprint density at radius 1 is 1.12 bits per heavy atom. The Bertz CT molecular complexity index is 519. The minimum Gasteiger partial charge on any atom is -0.497 e. The van der Waals surface area contributed by atoms with E-state index in [9.17, 15) is 0 Å². The number of hydrogen-bond acceptors (Lipinski definition) is 2. The molecule has 0 amide bonds. The Kier molecular flexibility index (Phi) is 3.75. The molecule has 1 nitrogen and oxygen atoms in total. The molecular formula is C14H15ClOS. The summed E-state index contributed by atoms with van der Waals surface area (Å²) in [6.07, 6.45) is 0. The minimum absolute atomic E-state index is 0.0767. The lowest BCUT2D eigenvalue weighted by Gasteiger charge is -2.14. The summed E-state index contributed by atoms with van der Waals surface area (Å²) in [7, 11) is 1.68. The van der Waals surface area contributed by atoms with Gasteiger partial charge in [-0.3, -0.25) is 0 Å².